The number of rotatable bonds is 8. The van der Waals surface area contributed by atoms with Crippen LogP contribution in [0.2, 0.25) is 0 Å². The lowest BCUT2D eigenvalue weighted by atomic mass is 10.3. The molecule has 8 heteroatoms. The smallest absolute Gasteiger partial charge is 0.258 e. The minimum absolute atomic E-state index is 0.149. The Hall–Kier alpha value is -2.45. The molecule has 7 nitrogen and oxygen atoms in total. The normalized spacial score (nSPS) is 11.3. The molecule has 1 aromatic carbocycles. The molecule has 25 heavy (non-hydrogen) atoms. The second-order valence-corrected chi connectivity index (χ2v) is 7.38. The SMILES string of the molecule is CC(C)NS(=O)(=O)c1ccc(OCC(=O)NCc2ccncc2)cc1. The van der Waals surface area contributed by atoms with E-state index < -0.39 is 10.0 Å². The van der Waals surface area contributed by atoms with Gasteiger partial charge < -0.3 is 10.1 Å². The molecule has 0 aliphatic heterocycles. The number of sulfonamides is 1. The first-order valence-corrected chi connectivity index (χ1v) is 9.26. The fourth-order valence-electron chi connectivity index (χ4n) is 1.99. The van der Waals surface area contributed by atoms with Gasteiger partial charge in [0.25, 0.3) is 5.91 Å². The van der Waals surface area contributed by atoms with E-state index in [1.807, 2.05) is 12.1 Å². The molecule has 134 valence electrons. The van der Waals surface area contributed by atoms with E-state index >= 15 is 0 Å². The van der Waals surface area contributed by atoms with Gasteiger partial charge in [-0.05, 0) is 55.8 Å². The van der Waals surface area contributed by atoms with Crippen molar-refractivity contribution in [1.82, 2.24) is 15.0 Å². The fraction of sp³-hybridized carbons (Fsp3) is 0.294. The van der Waals surface area contributed by atoms with Crippen LogP contribution in [0, 0.1) is 0 Å². The predicted molar refractivity (Wildman–Crippen MR) is 93.5 cm³/mol. The Morgan fingerprint density at radius 1 is 1.12 bits per heavy atom. The average Bonchev–Trinajstić information content (AvgIpc) is 2.58. The maximum atomic E-state index is 12.0. The van der Waals surface area contributed by atoms with Crippen LogP contribution in [0.25, 0.3) is 0 Å². The van der Waals surface area contributed by atoms with Crippen LogP contribution in [0.4, 0.5) is 0 Å². The second kappa shape index (κ2) is 8.59. The van der Waals surface area contributed by atoms with Crippen molar-refractivity contribution >= 4 is 15.9 Å². The molecule has 0 saturated carbocycles. The van der Waals surface area contributed by atoms with Crippen LogP contribution >= 0.6 is 0 Å². The Kier molecular flexibility index (Phi) is 6.49. The van der Waals surface area contributed by atoms with Crippen LogP contribution < -0.4 is 14.8 Å². The van der Waals surface area contributed by atoms with E-state index in [-0.39, 0.29) is 23.5 Å². The number of pyridine rings is 1. The number of hydrogen-bond donors (Lipinski definition) is 2. The Morgan fingerprint density at radius 3 is 2.36 bits per heavy atom. The summed E-state index contributed by atoms with van der Waals surface area (Å²) in [6, 6.07) is 9.35. The second-order valence-electron chi connectivity index (χ2n) is 5.67. The standard InChI is InChI=1S/C17H21N3O4S/c1-13(2)20-25(22,23)16-5-3-15(4-6-16)24-12-17(21)19-11-14-7-9-18-10-8-14/h3-10,13,20H,11-12H2,1-2H3,(H,19,21). The summed E-state index contributed by atoms with van der Waals surface area (Å²) < 4.78 is 31.9. The summed E-state index contributed by atoms with van der Waals surface area (Å²) in [4.78, 5) is 15.8. The highest BCUT2D eigenvalue weighted by Crippen LogP contribution is 2.16. The molecule has 0 fully saturated rings. The number of aromatic nitrogens is 1. The van der Waals surface area contributed by atoms with Crippen LogP contribution in [0.1, 0.15) is 19.4 Å². The van der Waals surface area contributed by atoms with Gasteiger partial charge in [-0.1, -0.05) is 0 Å². The van der Waals surface area contributed by atoms with Gasteiger partial charge >= 0.3 is 0 Å². The summed E-state index contributed by atoms with van der Waals surface area (Å²) in [6.45, 7) is 3.74. The topological polar surface area (TPSA) is 97.4 Å². The summed E-state index contributed by atoms with van der Waals surface area (Å²) in [6.07, 6.45) is 3.31. The van der Waals surface area contributed by atoms with Gasteiger partial charge in [0.05, 0.1) is 4.90 Å². The fourth-order valence-corrected chi connectivity index (χ4v) is 3.25. The van der Waals surface area contributed by atoms with Crippen LogP contribution in [0.5, 0.6) is 5.75 Å². The highest BCUT2D eigenvalue weighted by Gasteiger charge is 2.15. The number of carbonyl (C=O) groups excluding carboxylic acids is 1. The molecule has 0 radical (unpaired) electrons. The summed E-state index contributed by atoms with van der Waals surface area (Å²) in [5.41, 5.74) is 0.940. The molecule has 0 aliphatic carbocycles. The quantitative estimate of drug-likeness (QED) is 0.740. The molecule has 1 heterocycles. The number of carbonyl (C=O) groups is 1. The van der Waals surface area contributed by atoms with E-state index in [1.165, 1.54) is 24.3 Å². The van der Waals surface area contributed by atoms with Crippen molar-refractivity contribution < 1.29 is 17.9 Å². The zero-order valence-corrected chi connectivity index (χ0v) is 14.9. The van der Waals surface area contributed by atoms with E-state index in [1.54, 1.807) is 26.2 Å². The number of ether oxygens (including phenoxy) is 1. The van der Waals surface area contributed by atoms with E-state index in [9.17, 15) is 13.2 Å². The maximum absolute atomic E-state index is 12.0. The number of nitrogens with zero attached hydrogens (tertiary/aromatic N) is 1. The summed E-state index contributed by atoms with van der Waals surface area (Å²) in [5.74, 6) is 0.151. The number of benzene rings is 1. The molecule has 2 rings (SSSR count). The zero-order valence-electron chi connectivity index (χ0n) is 14.1. The van der Waals surface area contributed by atoms with Gasteiger partial charge in [0.15, 0.2) is 6.61 Å². The minimum Gasteiger partial charge on any atom is -0.484 e. The third-order valence-corrected chi connectivity index (χ3v) is 4.81. The molecular weight excluding hydrogens is 342 g/mol. The summed E-state index contributed by atoms with van der Waals surface area (Å²) >= 11 is 0. The zero-order chi connectivity index (χ0) is 18.3. The first kappa shape index (κ1) is 18.9. The van der Waals surface area contributed by atoms with Gasteiger partial charge in [-0.25, -0.2) is 13.1 Å². The first-order valence-electron chi connectivity index (χ1n) is 7.77. The highest BCUT2D eigenvalue weighted by atomic mass is 32.2. The molecule has 1 aromatic heterocycles. The molecule has 0 unspecified atom stereocenters. The summed E-state index contributed by atoms with van der Waals surface area (Å²) in [5, 5.41) is 2.73. The van der Waals surface area contributed by atoms with Gasteiger partial charge in [0.1, 0.15) is 5.75 Å². The van der Waals surface area contributed by atoms with Crippen molar-refractivity contribution in [2.24, 2.45) is 0 Å². The third kappa shape index (κ3) is 6.17. The lowest BCUT2D eigenvalue weighted by Gasteiger charge is -2.11. The monoisotopic (exact) mass is 363 g/mol. The van der Waals surface area contributed by atoms with Crippen molar-refractivity contribution in [3.8, 4) is 5.75 Å². The van der Waals surface area contributed by atoms with Crippen LogP contribution in [-0.2, 0) is 21.4 Å². The van der Waals surface area contributed by atoms with E-state index in [4.69, 9.17) is 4.74 Å². The van der Waals surface area contributed by atoms with Gasteiger partial charge in [-0.15, -0.1) is 0 Å². The minimum atomic E-state index is -3.54. The number of nitrogens with one attached hydrogen (secondary N) is 2. The largest absolute Gasteiger partial charge is 0.484 e. The Labute approximate surface area is 147 Å². The van der Waals surface area contributed by atoms with Gasteiger partial charge in [-0.3, -0.25) is 9.78 Å². The van der Waals surface area contributed by atoms with E-state index in [2.05, 4.69) is 15.0 Å². The van der Waals surface area contributed by atoms with Crippen LogP contribution in [0.15, 0.2) is 53.7 Å². The highest BCUT2D eigenvalue weighted by molar-refractivity contribution is 7.89. The lowest BCUT2D eigenvalue weighted by molar-refractivity contribution is -0.123. The van der Waals surface area contributed by atoms with Crippen molar-refractivity contribution in [1.29, 1.82) is 0 Å². The Bertz CT molecular complexity index is 790. The predicted octanol–water partition coefficient (Wildman–Crippen LogP) is 1.46. The number of amides is 1. The van der Waals surface area contributed by atoms with Crippen molar-refractivity contribution in [3.05, 3.63) is 54.4 Å². The van der Waals surface area contributed by atoms with Crippen molar-refractivity contribution in [3.63, 3.8) is 0 Å². The van der Waals surface area contributed by atoms with Gasteiger partial charge in [0.2, 0.25) is 10.0 Å². The molecule has 0 aliphatic rings. The molecule has 0 bridgehead atoms. The first-order chi connectivity index (χ1) is 11.9. The molecule has 2 N–H and O–H groups in total. The molecule has 1 amide bonds. The molecule has 0 saturated heterocycles. The summed E-state index contributed by atoms with van der Waals surface area (Å²) in [7, 11) is -3.54. The van der Waals surface area contributed by atoms with Crippen molar-refractivity contribution in [2.75, 3.05) is 6.61 Å². The van der Waals surface area contributed by atoms with E-state index in [0.29, 0.717) is 12.3 Å². The molecule has 0 spiro atoms. The Morgan fingerprint density at radius 2 is 1.76 bits per heavy atom. The van der Waals surface area contributed by atoms with Crippen LogP contribution in [-0.4, -0.2) is 32.0 Å². The van der Waals surface area contributed by atoms with Crippen LogP contribution in [0.3, 0.4) is 0 Å². The average molecular weight is 363 g/mol. The molecule has 2 aromatic rings. The third-order valence-electron chi connectivity index (χ3n) is 3.13. The van der Waals surface area contributed by atoms with Gasteiger partial charge in [0, 0.05) is 25.0 Å². The molecular formula is C17H21N3O4S. The van der Waals surface area contributed by atoms with Gasteiger partial charge in [-0.2, -0.15) is 0 Å². The maximum Gasteiger partial charge on any atom is 0.258 e. The Balaban J connectivity index is 1.84. The van der Waals surface area contributed by atoms with Crippen molar-refractivity contribution in [2.45, 2.75) is 31.3 Å². The number of hydrogen-bond acceptors (Lipinski definition) is 5. The lowest BCUT2D eigenvalue weighted by Crippen LogP contribution is -2.30. The molecule has 0 atom stereocenters. The van der Waals surface area contributed by atoms with E-state index in [0.717, 1.165) is 5.56 Å².